The first-order valence-electron chi connectivity index (χ1n) is 5.08. The van der Waals surface area contributed by atoms with Crippen molar-refractivity contribution in [3.8, 4) is 11.5 Å². The van der Waals surface area contributed by atoms with Crippen LogP contribution in [0.2, 0.25) is 0 Å². The number of fused-ring (bicyclic) bond motifs is 1. The number of benzene rings is 1. The van der Waals surface area contributed by atoms with Crippen molar-refractivity contribution in [3.05, 3.63) is 22.2 Å². The number of nitrogens with two attached hydrogens (primary N) is 1. The molecule has 1 heterocycles. The van der Waals surface area contributed by atoms with Gasteiger partial charge in [-0.15, -0.1) is 0 Å². The Balaban J connectivity index is 2.13. The topological polar surface area (TPSA) is 44.5 Å². The average molecular weight is 270 g/mol. The van der Waals surface area contributed by atoms with Crippen LogP contribution in [-0.2, 0) is 5.54 Å². The van der Waals surface area contributed by atoms with E-state index >= 15 is 0 Å². The largest absolute Gasteiger partial charge is 0.453 e. The Bertz CT molecular complexity index is 415. The number of hydrogen-bond donors (Lipinski definition) is 1. The maximum absolute atomic E-state index is 6.30. The number of halogens is 1. The highest BCUT2D eigenvalue weighted by molar-refractivity contribution is 9.10. The summed E-state index contributed by atoms with van der Waals surface area (Å²) in [6.07, 6.45) is 3.26. The van der Waals surface area contributed by atoms with E-state index in [1.165, 1.54) is 6.42 Å². The fraction of sp³-hybridized carbons (Fsp3) is 0.455. The summed E-state index contributed by atoms with van der Waals surface area (Å²) in [6.45, 7) is 0.293. The third-order valence-electron chi connectivity index (χ3n) is 3.25. The van der Waals surface area contributed by atoms with Gasteiger partial charge in [0.15, 0.2) is 11.5 Å². The van der Waals surface area contributed by atoms with Crippen molar-refractivity contribution in [2.75, 3.05) is 6.79 Å². The number of rotatable bonds is 1. The smallest absolute Gasteiger partial charge is 0.231 e. The van der Waals surface area contributed by atoms with Crippen molar-refractivity contribution >= 4 is 15.9 Å². The van der Waals surface area contributed by atoms with Crippen LogP contribution in [-0.4, -0.2) is 6.79 Å². The molecule has 0 radical (unpaired) electrons. The second-order valence-electron chi connectivity index (χ2n) is 4.17. The first-order chi connectivity index (χ1) is 7.21. The van der Waals surface area contributed by atoms with Crippen LogP contribution >= 0.6 is 15.9 Å². The maximum atomic E-state index is 6.30. The minimum Gasteiger partial charge on any atom is -0.453 e. The van der Waals surface area contributed by atoms with Gasteiger partial charge >= 0.3 is 0 Å². The van der Waals surface area contributed by atoms with E-state index in [9.17, 15) is 0 Å². The summed E-state index contributed by atoms with van der Waals surface area (Å²) in [5.41, 5.74) is 7.19. The molecule has 0 amide bonds. The minimum absolute atomic E-state index is 0.196. The zero-order valence-corrected chi connectivity index (χ0v) is 9.84. The Kier molecular flexibility index (Phi) is 1.97. The molecule has 1 saturated carbocycles. The molecule has 1 aromatic carbocycles. The summed E-state index contributed by atoms with van der Waals surface area (Å²) in [6, 6.07) is 4.02. The summed E-state index contributed by atoms with van der Waals surface area (Å²) in [4.78, 5) is 0. The predicted octanol–water partition coefficient (Wildman–Crippen LogP) is 2.52. The van der Waals surface area contributed by atoms with E-state index in [1.54, 1.807) is 0 Å². The van der Waals surface area contributed by atoms with Crippen molar-refractivity contribution in [2.45, 2.75) is 24.8 Å². The molecule has 3 rings (SSSR count). The summed E-state index contributed by atoms with van der Waals surface area (Å²) in [7, 11) is 0. The molecule has 15 heavy (non-hydrogen) atoms. The van der Waals surface area contributed by atoms with E-state index in [1.807, 2.05) is 12.1 Å². The normalized spacial score (nSPS) is 21.2. The lowest BCUT2D eigenvalue weighted by Gasteiger charge is -2.39. The van der Waals surface area contributed by atoms with Gasteiger partial charge < -0.3 is 15.2 Å². The van der Waals surface area contributed by atoms with Crippen LogP contribution in [0.1, 0.15) is 24.8 Å². The maximum Gasteiger partial charge on any atom is 0.231 e. The summed E-state index contributed by atoms with van der Waals surface area (Å²) >= 11 is 3.44. The zero-order valence-electron chi connectivity index (χ0n) is 8.25. The van der Waals surface area contributed by atoms with E-state index in [0.29, 0.717) is 6.79 Å². The summed E-state index contributed by atoms with van der Waals surface area (Å²) in [5.74, 6) is 1.62. The standard InChI is InChI=1S/C11H12BrNO2/c12-8-3-2-7(11(13)4-1-5-11)9-10(8)15-6-14-9/h2-3H,1,4-6,13H2. The number of hydrogen-bond acceptors (Lipinski definition) is 3. The molecular weight excluding hydrogens is 258 g/mol. The molecule has 1 aliphatic carbocycles. The van der Waals surface area contributed by atoms with Crippen molar-refractivity contribution in [1.29, 1.82) is 0 Å². The van der Waals surface area contributed by atoms with E-state index in [2.05, 4.69) is 15.9 Å². The molecule has 80 valence electrons. The molecule has 1 aliphatic heterocycles. The van der Waals surface area contributed by atoms with Gasteiger partial charge in [0.25, 0.3) is 0 Å². The van der Waals surface area contributed by atoms with Gasteiger partial charge in [0, 0.05) is 11.1 Å². The van der Waals surface area contributed by atoms with Gasteiger partial charge in [-0.2, -0.15) is 0 Å². The van der Waals surface area contributed by atoms with Gasteiger partial charge in [-0.25, -0.2) is 0 Å². The lowest BCUT2D eigenvalue weighted by Crippen LogP contribution is -2.43. The van der Waals surface area contributed by atoms with E-state index in [4.69, 9.17) is 15.2 Å². The van der Waals surface area contributed by atoms with Gasteiger partial charge in [0.2, 0.25) is 6.79 Å². The molecule has 0 bridgehead atoms. The average Bonchev–Trinajstić information content (AvgIpc) is 2.64. The molecule has 0 saturated heterocycles. The Labute approximate surface area is 96.7 Å². The molecule has 2 N–H and O–H groups in total. The molecule has 1 aromatic rings. The first kappa shape index (κ1) is 9.48. The van der Waals surface area contributed by atoms with Crippen molar-refractivity contribution in [3.63, 3.8) is 0 Å². The molecule has 4 heteroatoms. The monoisotopic (exact) mass is 269 g/mol. The van der Waals surface area contributed by atoms with Crippen LogP contribution in [0, 0.1) is 0 Å². The van der Waals surface area contributed by atoms with Crippen molar-refractivity contribution in [1.82, 2.24) is 0 Å². The highest BCUT2D eigenvalue weighted by atomic mass is 79.9. The van der Waals surface area contributed by atoms with Crippen molar-refractivity contribution < 1.29 is 9.47 Å². The Morgan fingerprint density at radius 3 is 2.60 bits per heavy atom. The minimum atomic E-state index is -0.196. The zero-order chi connectivity index (χ0) is 10.5. The molecule has 3 nitrogen and oxygen atoms in total. The second-order valence-corrected chi connectivity index (χ2v) is 5.02. The van der Waals surface area contributed by atoms with Crippen molar-refractivity contribution in [2.24, 2.45) is 5.73 Å². The predicted molar refractivity (Wildman–Crippen MR) is 60.0 cm³/mol. The summed E-state index contributed by atoms with van der Waals surface area (Å²) < 4.78 is 11.8. The molecule has 0 atom stereocenters. The Hall–Kier alpha value is -0.740. The highest BCUT2D eigenvalue weighted by Crippen LogP contribution is 2.49. The van der Waals surface area contributed by atoms with Crippen LogP contribution in [0.5, 0.6) is 11.5 Å². The van der Waals surface area contributed by atoms with E-state index < -0.39 is 0 Å². The Morgan fingerprint density at radius 2 is 1.93 bits per heavy atom. The van der Waals surface area contributed by atoms with Crippen LogP contribution < -0.4 is 15.2 Å². The second kappa shape index (κ2) is 3.12. The third kappa shape index (κ3) is 1.28. The quantitative estimate of drug-likeness (QED) is 0.852. The molecule has 0 spiro atoms. The molecule has 0 unspecified atom stereocenters. The van der Waals surface area contributed by atoms with Crippen LogP contribution in [0.4, 0.5) is 0 Å². The van der Waals surface area contributed by atoms with Gasteiger partial charge in [-0.05, 0) is 41.3 Å². The van der Waals surface area contributed by atoms with E-state index in [-0.39, 0.29) is 5.54 Å². The third-order valence-corrected chi connectivity index (χ3v) is 3.88. The summed E-state index contributed by atoms with van der Waals surface area (Å²) in [5, 5.41) is 0. The van der Waals surface area contributed by atoms with E-state index in [0.717, 1.165) is 34.4 Å². The van der Waals surface area contributed by atoms with Crippen LogP contribution in [0.15, 0.2) is 16.6 Å². The van der Waals surface area contributed by atoms with Gasteiger partial charge in [-0.1, -0.05) is 6.07 Å². The lowest BCUT2D eigenvalue weighted by molar-refractivity contribution is 0.168. The Morgan fingerprint density at radius 1 is 1.20 bits per heavy atom. The molecule has 1 fully saturated rings. The molecule has 2 aliphatic rings. The van der Waals surface area contributed by atoms with Crippen LogP contribution in [0.3, 0.4) is 0 Å². The molecular formula is C11H12BrNO2. The van der Waals surface area contributed by atoms with Gasteiger partial charge in [-0.3, -0.25) is 0 Å². The van der Waals surface area contributed by atoms with Crippen LogP contribution in [0.25, 0.3) is 0 Å². The van der Waals surface area contributed by atoms with Gasteiger partial charge in [0.1, 0.15) is 0 Å². The fourth-order valence-electron chi connectivity index (χ4n) is 2.18. The lowest BCUT2D eigenvalue weighted by atomic mass is 9.72. The number of ether oxygens (including phenoxy) is 2. The van der Waals surface area contributed by atoms with Gasteiger partial charge in [0.05, 0.1) is 4.47 Å². The highest BCUT2D eigenvalue weighted by Gasteiger charge is 2.39. The first-order valence-corrected chi connectivity index (χ1v) is 5.87. The molecule has 0 aromatic heterocycles. The SMILES string of the molecule is NC1(c2ccc(Br)c3c2OCO3)CCC1. The fourth-order valence-corrected chi connectivity index (χ4v) is 2.61.